The number of hydrogen-bond donors (Lipinski definition) is 1. The number of fused-ring (bicyclic) bond motifs is 1. The summed E-state index contributed by atoms with van der Waals surface area (Å²) in [7, 11) is 0. The molecule has 3 aromatic rings. The molecule has 34 heavy (non-hydrogen) atoms. The summed E-state index contributed by atoms with van der Waals surface area (Å²) < 4.78 is 22.5. The van der Waals surface area contributed by atoms with E-state index in [1.165, 1.54) is 6.21 Å². The van der Waals surface area contributed by atoms with Crippen molar-refractivity contribution in [3.63, 3.8) is 0 Å². The molecule has 8 nitrogen and oxygen atoms in total. The number of carbonyl (C=O) groups is 2. The SMILES string of the molecule is Cc1cc(Br)cc(C)c1OCC(=O)N/N=C\c1ccc(OC(=O)c2ccc3c(c2)OCO3)cc1. The van der Waals surface area contributed by atoms with Crippen LogP contribution in [0.25, 0.3) is 0 Å². The van der Waals surface area contributed by atoms with Crippen molar-refractivity contribution < 1.29 is 28.5 Å². The van der Waals surface area contributed by atoms with Gasteiger partial charge in [-0.2, -0.15) is 5.10 Å². The van der Waals surface area contributed by atoms with Gasteiger partial charge in [0.1, 0.15) is 11.5 Å². The number of nitrogens with one attached hydrogen (secondary N) is 1. The highest BCUT2D eigenvalue weighted by Crippen LogP contribution is 2.32. The van der Waals surface area contributed by atoms with Crippen molar-refractivity contribution in [3.05, 3.63) is 81.3 Å². The van der Waals surface area contributed by atoms with Crippen LogP contribution in [0.5, 0.6) is 23.0 Å². The van der Waals surface area contributed by atoms with E-state index in [1.807, 2.05) is 26.0 Å². The first-order valence-electron chi connectivity index (χ1n) is 10.3. The zero-order valence-electron chi connectivity index (χ0n) is 18.5. The number of halogens is 1. The van der Waals surface area contributed by atoms with Gasteiger partial charge in [-0.25, -0.2) is 10.2 Å². The fraction of sp³-hybridized carbons (Fsp3) is 0.160. The van der Waals surface area contributed by atoms with E-state index in [-0.39, 0.29) is 19.3 Å². The second-order valence-corrected chi connectivity index (χ2v) is 8.39. The van der Waals surface area contributed by atoms with Crippen LogP contribution < -0.4 is 24.4 Å². The van der Waals surface area contributed by atoms with Gasteiger partial charge in [0.05, 0.1) is 11.8 Å². The fourth-order valence-corrected chi connectivity index (χ4v) is 3.97. The van der Waals surface area contributed by atoms with Gasteiger partial charge in [-0.1, -0.05) is 15.9 Å². The summed E-state index contributed by atoms with van der Waals surface area (Å²) in [5.41, 5.74) is 5.36. The van der Waals surface area contributed by atoms with Crippen LogP contribution in [-0.4, -0.2) is 31.5 Å². The predicted octanol–water partition coefficient (Wildman–Crippen LogP) is 4.54. The summed E-state index contributed by atoms with van der Waals surface area (Å²) in [5, 5.41) is 3.94. The highest BCUT2D eigenvalue weighted by molar-refractivity contribution is 9.10. The van der Waals surface area contributed by atoms with Crippen LogP contribution in [0.2, 0.25) is 0 Å². The number of hydrazone groups is 1. The highest BCUT2D eigenvalue weighted by Gasteiger charge is 2.17. The molecule has 9 heteroatoms. The Balaban J connectivity index is 1.26. The largest absolute Gasteiger partial charge is 0.483 e. The summed E-state index contributed by atoms with van der Waals surface area (Å²) in [6.45, 7) is 3.81. The second kappa shape index (κ2) is 10.4. The standard InChI is InChI=1S/C25H21BrN2O6/c1-15-9-19(26)10-16(2)24(15)31-13-23(29)28-27-12-17-3-6-20(7-4-17)34-25(30)18-5-8-21-22(11-18)33-14-32-21/h3-12H,13-14H2,1-2H3,(H,28,29)/b27-12-. The highest BCUT2D eigenvalue weighted by atomic mass is 79.9. The molecule has 4 rings (SSSR count). The first kappa shape index (κ1) is 23.3. The van der Waals surface area contributed by atoms with Crippen LogP contribution in [0, 0.1) is 13.8 Å². The number of hydrogen-bond acceptors (Lipinski definition) is 7. The number of aryl methyl sites for hydroxylation is 2. The minimum absolute atomic E-state index is 0.134. The van der Waals surface area contributed by atoms with E-state index >= 15 is 0 Å². The van der Waals surface area contributed by atoms with Crippen molar-refractivity contribution in [1.82, 2.24) is 5.43 Å². The third kappa shape index (κ3) is 5.74. The van der Waals surface area contributed by atoms with Crippen molar-refractivity contribution in [3.8, 4) is 23.0 Å². The van der Waals surface area contributed by atoms with Gasteiger partial charge in [-0.15, -0.1) is 0 Å². The molecule has 0 atom stereocenters. The molecule has 0 aromatic heterocycles. The Morgan fingerprint density at radius 1 is 1.03 bits per heavy atom. The van der Waals surface area contributed by atoms with Crippen LogP contribution in [0.1, 0.15) is 27.0 Å². The number of esters is 1. The molecule has 0 fully saturated rings. The molecule has 174 valence electrons. The minimum Gasteiger partial charge on any atom is -0.483 e. The summed E-state index contributed by atoms with van der Waals surface area (Å²) >= 11 is 3.43. The molecule has 0 aliphatic carbocycles. The maximum Gasteiger partial charge on any atom is 0.343 e. The van der Waals surface area contributed by atoms with Gasteiger partial charge in [0.15, 0.2) is 18.1 Å². The Morgan fingerprint density at radius 2 is 1.74 bits per heavy atom. The third-order valence-electron chi connectivity index (χ3n) is 4.87. The van der Waals surface area contributed by atoms with Crippen molar-refractivity contribution >= 4 is 34.0 Å². The Hall–Kier alpha value is -3.85. The lowest BCUT2D eigenvalue weighted by molar-refractivity contribution is -0.123. The number of rotatable bonds is 7. The normalized spacial score (nSPS) is 12.0. The van der Waals surface area contributed by atoms with E-state index in [0.717, 1.165) is 15.6 Å². The summed E-state index contributed by atoms with van der Waals surface area (Å²) in [6.07, 6.45) is 1.48. The molecule has 1 aliphatic heterocycles. The number of carbonyl (C=O) groups excluding carboxylic acids is 2. The molecule has 1 amide bonds. The van der Waals surface area contributed by atoms with E-state index in [2.05, 4.69) is 26.5 Å². The zero-order chi connectivity index (χ0) is 24.1. The van der Waals surface area contributed by atoms with Crippen molar-refractivity contribution in [2.24, 2.45) is 5.10 Å². The quantitative estimate of drug-likeness (QED) is 0.211. The molecule has 0 saturated carbocycles. The number of nitrogens with zero attached hydrogens (tertiary/aromatic N) is 1. The Morgan fingerprint density at radius 3 is 2.47 bits per heavy atom. The third-order valence-corrected chi connectivity index (χ3v) is 5.33. The van der Waals surface area contributed by atoms with Crippen LogP contribution in [0.3, 0.4) is 0 Å². The van der Waals surface area contributed by atoms with Crippen LogP contribution in [0.15, 0.2) is 64.2 Å². The Kier molecular flexibility index (Phi) is 7.12. The second-order valence-electron chi connectivity index (χ2n) is 7.48. The van der Waals surface area contributed by atoms with Gasteiger partial charge >= 0.3 is 5.97 Å². The summed E-state index contributed by atoms with van der Waals surface area (Å²) in [5.74, 6) is 1.26. The average molecular weight is 525 g/mol. The predicted molar refractivity (Wildman–Crippen MR) is 129 cm³/mol. The molecule has 0 bridgehead atoms. The molecule has 0 spiro atoms. The van der Waals surface area contributed by atoms with Crippen molar-refractivity contribution in [1.29, 1.82) is 0 Å². The van der Waals surface area contributed by atoms with Crippen molar-refractivity contribution in [2.75, 3.05) is 13.4 Å². The van der Waals surface area contributed by atoms with E-state index in [4.69, 9.17) is 18.9 Å². The number of ether oxygens (including phenoxy) is 4. The monoisotopic (exact) mass is 524 g/mol. The molecule has 0 unspecified atom stereocenters. The van der Waals surface area contributed by atoms with Gasteiger partial charge in [0.2, 0.25) is 6.79 Å². The van der Waals surface area contributed by atoms with Crippen LogP contribution in [-0.2, 0) is 4.79 Å². The average Bonchev–Trinajstić information content (AvgIpc) is 3.27. The van der Waals surface area contributed by atoms with Crippen LogP contribution in [0.4, 0.5) is 0 Å². The van der Waals surface area contributed by atoms with Gasteiger partial charge in [0, 0.05) is 4.47 Å². The van der Waals surface area contributed by atoms with E-state index in [1.54, 1.807) is 42.5 Å². The molecule has 1 N–H and O–H groups in total. The van der Waals surface area contributed by atoms with E-state index in [0.29, 0.717) is 34.1 Å². The lowest BCUT2D eigenvalue weighted by Gasteiger charge is -2.11. The molecule has 1 heterocycles. The van der Waals surface area contributed by atoms with Gasteiger partial charge < -0.3 is 18.9 Å². The Bertz CT molecular complexity index is 1230. The molecular weight excluding hydrogens is 504 g/mol. The zero-order valence-corrected chi connectivity index (χ0v) is 20.0. The summed E-state index contributed by atoms with van der Waals surface area (Å²) in [6, 6.07) is 15.4. The minimum atomic E-state index is -0.511. The van der Waals surface area contributed by atoms with Crippen LogP contribution >= 0.6 is 15.9 Å². The topological polar surface area (TPSA) is 95.5 Å². The number of amides is 1. The van der Waals surface area contributed by atoms with Gasteiger partial charge in [-0.05, 0) is 85.1 Å². The van der Waals surface area contributed by atoms with E-state index in [9.17, 15) is 9.59 Å². The molecular formula is C25H21BrN2O6. The van der Waals surface area contributed by atoms with Gasteiger partial charge in [-0.3, -0.25) is 4.79 Å². The lowest BCUT2D eigenvalue weighted by Crippen LogP contribution is -2.25. The molecule has 0 radical (unpaired) electrons. The fourth-order valence-electron chi connectivity index (χ4n) is 3.29. The summed E-state index contributed by atoms with van der Waals surface area (Å²) in [4.78, 5) is 24.4. The maximum absolute atomic E-state index is 12.4. The van der Waals surface area contributed by atoms with Gasteiger partial charge in [0.25, 0.3) is 5.91 Å². The smallest absolute Gasteiger partial charge is 0.343 e. The maximum atomic E-state index is 12.4. The first-order chi connectivity index (χ1) is 16.4. The van der Waals surface area contributed by atoms with Crippen molar-refractivity contribution in [2.45, 2.75) is 13.8 Å². The lowest BCUT2D eigenvalue weighted by atomic mass is 10.1. The van der Waals surface area contributed by atoms with E-state index < -0.39 is 5.97 Å². The Labute approximate surface area is 204 Å². The molecule has 0 saturated heterocycles. The first-order valence-corrected chi connectivity index (χ1v) is 11.1. The molecule has 1 aliphatic rings. The molecule has 3 aromatic carbocycles. The number of benzene rings is 3.